The van der Waals surface area contributed by atoms with Crippen LogP contribution in [-0.2, 0) is 18.5 Å². The summed E-state index contributed by atoms with van der Waals surface area (Å²) in [5.41, 5.74) is 3.24. The molecule has 3 heterocycles. The SMILES string of the molecule is CCOCn1cc(NC(=O)c2cc(-c3ccc(OC)cc3)nc3c2cnn3C)cn1. The highest BCUT2D eigenvalue weighted by Gasteiger charge is 2.17. The molecule has 1 amide bonds. The molecule has 30 heavy (non-hydrogen) atoms. The summed E-state index contributed by atoms with van der Waals surface area (Å²) in [6, 6.07) is 9.30. The Bertz CT molecular complexity index is 1180. The number of aromatic nitrogens is 5. The zero-order valence-electron chi connectivity index (χ0n) is 17.0. The average Bonchev–Trinajstić information content (AvgIpc) is 3.38. The number of rotatable bonds is 7. The molecule has 0 spiro atoms. The highest BCUT2D eigenvalue weighted by molar-refractivity contribution is 6.12. The van der Waals surface area contributed by atoms with Gasteiger partial charge in [0.05, 0.1) is 48.0 Å². The second-order valence-corrected chi connectivity index (χ2v) is 6.63. The number of aryl methyl sites for hydroxylation is 1. The number of amides is 1. The van der Waals surface area contributed by atoms with Crippen LogP contribution in [0, 0.1) is 0 Å². The topological polar surface area (TPSA) is 96.1 Å². The molecule has 0 saturated heterocycles. The molecule has 0 saturated carbocycles. The van der Waals surface area contributed by atoms with Gasteiger partial charge < -0.3 is 14.8 Å². The van der Waals surface area contributed by atoms with Crippen LogP contribution in [-0.4, -0.2) is 44.2 Å². The molecular weight excluding hydrogens is 384 g/mol. The Hall–Kier alpha value is -3.72. The van der Waals surface area contributed by atoms with E-state index in [-0.39, 0.29) is 5.91 Å². The molecule has 3 aromatic heterocycles. The van der Waals surface area contributed by atoms with Crippen LogP contribution in [0.1, 0.15) is 17.3 Å². The molecule has 0 atom stereocenters. The van der Waals surface area contributed by atoms with E-state index in [9.17, 15) is 4.79 Å². The van der Waals surface area contributed by atoms with Crippen LogP contribution in [0.2, 0.25) is 0 Å². The first-order valence-electron chi connectivity index (χ1n) is 9.47. The molecule has 1 N–H and O–H groups in total. The van der Waals surface area contributed by atoms with Gasteiger partial charge in [0.2, 0.25) is 0 Å². The first-order valence-corrected chi connectivity index (χ1v) is 9.47. The van der Waals surface area contributed by atoms with Crippen molar-refractivity contribution < 1.29 is 14.3 Å². The van der Waals surface area contributed by atoms with Crippen LogP contribution in [0.4, 0.5) is 5.69 Å². The van der Waals surface area contributed by atoms with Crippen molar-refractivity contribution in [3.05, 3.63) is 54.5 Å². The molecule has 0 unspecified atom stereocenters. The van der Waals surface area contributed by atoms with Gasteiger partial charge in [0.1, 0.15) is 12.5 Å². The molecular formula is C21H22N6O3. The van der Waals surface area contributed by atoms with Crippen LogP contribution in [0.25, 0.3) is 22.3 Å². The van der Waals surface area contributed by atoms with Crippen molar-refractivity contribution in [3.8, 4) is 17.0 Å². The Labute approximate surface area is 173 Å². The summed E-state index contributed by atoms with van der Waals surface area (Å²) >= 11 is 0. The highest BCUT2D eigenvalue weighted by atomic mass is 16.5. The molecule has 0 fully saturated rings. The van der Waals surface area contributed by atoms with Crippen molar-refractivity contribution in [1.29, 1.82) is 0 Å². The van der Waals surface area contributed by atoms with Crippen LogP contribution in [0.3, 0.4) is 0 Å². The fourth-order valence-electron chi connectivity index (χ4n) is 3.09. The van der Waals surface area contributed by atoms with E-state index in [0.717, 1.165) is 11.3 Å². The van der Waals surface area contributed by atoms with E-state index in [1.165, 1.54) is 0 Å². The second kappa shape index (κ2) is 8.34. The van der Waals surface area contributed by atoms with Gasteiger partial charge in [0.25, 0.3) is 5.91 Å². The lowest BCUT2D eigenvalue weighted by Crippen LogP contribution is -2.13. The van der Waals surface area contributed by atoms with Gasteiger partial charge in [0, 0.05) is 19.2 Å². The normalized spacial score (nSPS) is 11.0. The number of nitrogens with one attached hydrogen (secondary N) is 1. The van der Waals surface area contributed by atoms with E-state index >= 15 is 0 Å². The van der Waals surface area contributed by atoms with Gasteiger partial charge in [-0.2, -0.15) is 10.2 Å². The summed E-state index contributed by atoms with van der Waals surface area (Å²) in [7, 11) is 3.42. The maximum atomic E-state index is 13.1. The number of hydrogen-bond acceptors (Lipinski definition) is 6. The minimum Gasteiger partial charge on any atom is -0.497 e. The van der Waals surface area contributed by atoms with Gasteiger partial charge in [-0.05, 0) is 37.3 Å². The number of carbonyl (C=O) groups is 1. The maximum absolute atomic E-state index is 13.1. The molecule has 0 radical (unpaired) electrons. The number of ether oxygens (including phenoxy) is 2. The number of anilines is 1. The lowest BCUT2D eigenvalue weighted by molar-refractivity contribution is 0.0792. The monoisotopic (exact) mass is 406 g/mol. The standard InChI is InChI=1S/C21H22N6O3/c1-4-30-13-27-12-15(10-23-27)24-21(28)17-9-19(14-5-7-16(29-3)8-6-14)25-20-18(17)11-22-26(20)2/h5-12H,4,13H2,1-3H3,(H,24,28). The Kier molecular flexibility index (Phi) is 5.44. The molecule has 4 aromatic rings. The third-order valence-corrected chi connectivity index (χ3v) is 4.65. The average molecular weight is 406 g/mol. The summed E-state index contributed by atoms with van der Waals surface area (Å²) in [4.78, 5) is 17.8. The fraction of sp³-hybridized carbons (Fsp3) is 0.238. The van der Waals surface area contributed by atoms with E-state index in [1.807, 2.05) is 31.2 Å². The third kappa shape index (κ3) is 3.87. The Morgan fingerprint density at radius 2 is 1.97 bits per heavy atom. The van der Waals surface area contributed by atoms with Crippen molar-refractivity contribution in [2.45, 2.75) is 13.7 Å². The van der Waals surface area contributed by atoms with Gasteiger partial charge in [0.15, 0.2) is 5.65 Å². The molecule has 4 rings (SSSR count). The quantitative estimate of drug-likeness (QED) is 0.507. The predicted octanol–water partition coefficient (Wildman–Crippen LogP) is 3.09. The smallest absolute Gasteiger partial charge is 0.256 e. The number of carbonyl (C=O) groups excluding carboxylic acids is 1. The molecule has 154 valence electrons. The summed E-state index contributed by atoms with van der Waals surface area (Å²) < 4.78 is 13.8. The van der Waals surface area contributed by atoms with Gasteiger partial charge >= 0.3 is 0 Å². The molecule has 9 nitrogen and oxygen atoms in total. The van der Waals surface area contributed by atoms with Crippen molar-refractivity contribution in [2.75, 3.05) is 19.0 Å². The number of nitrogens with zero attached hydrogens (tertiary/aromatic N) is 5. The van der Waals surface area contributed by atoms with Crippen molar-refractivity contribution in [2.24, 2.45) is 7.05 Å². The van der Waals surface area contributed by atoms with E-state index in [1.54, 1.807) is 48.2 Å². The number of methoxy groups -OCH3 is 1. The summed E-state index contributed by atoms with van der Waals surface area (Å²) in [6.45, 7) is 2.83. The Morgan fingerprint density at radius 1 is 1.17 bits per heavy atom. The summed E-state index contributed by atoms with van der Waals surface area (Å²) in [5, 5.41) is 12.0. The van der Waals surface area contributed by atoms with Crippen LogP contribution in [0.15, 0.2) is 48.9 Å². The van der Waals surface area contributed by atoms with E-state index in [0.29, 0.717) is 41.3 Å². The minimum atomic E-state index is -0.263. The van der Waals surface area contributed by atoms with Gasteiger partial charge in [-0.25, -0.2) is 9.67 Å². The fourth-order valence-corrected chi connectivity index (χ4v) is 3.09. The predicted molar refractivity (Wildman–Crippen MR) is 112 cm³/mol. The first kappa shape index (κ1) is 19.6. The Balaban J connectivity index is 1.68. The number of benzene rings is 1. The zero-order valence-corrected chi connectivity index (χ0v) is 17.0. The van der Waals surface area contributed by atoms with Gasteiger partial charge in [-0.15, -0.1) is 0 Å². The molecule has 1 aromatic carbocycles. The van der Waals surface area contributed by atoms with E-state index in [2.05, 4.69) is 15.5 Å². The van der Waals surface area contributed by atoms with Crippen LogP contribution < -0.4 is 10.1 Å². The summed E-state index contributed by atoms with van der Waals surface area (Å²) in [6.07, 6.45) is 4.95. The van der Waals surface area contributed by atoms with E-state index < -0.39 is 0 Å². The minimum absolute atomic E-state index is 0.263. The molecule has 0 aliphatic carbocycles. The lowest BCUT2D eigenvalue weighted by Gasteiger charge is -2.09. The van der Waals surface area contributed by atoms with Gasteiger partial charge in [-0.1, -0.05) is 0 Å². The largest absolute Gasteiger partial charge is 0.497 e. The maximum Gasteiger partial charge on any atom is 0.256 e. The molecule has 9 heteroatoms. The lowest BCUT2D eigenvalue weighted by atomic mass is 10.1. The molecule has 0 aliphatic rings. The van der Waals surface area contributed by atoms with Gasteiger partial charge in [-0.3, -0.25) is 9.48 Å². The molecule has 0 bridgehead atoms. The number of hydrogen-bond donors (Lipinski definition) is 1. The van der Waals surface area contributed by atoms with Crippen molar-refractivity contribution in [3.63, 3.8) is 0 Å². The first-order chi connectivity index (χ1) is 14.6. The number of fused-ring (bicyclic) bond motifs is 1. The zero-order chi connectivity index (χ0) is 21.1. The highest BCUT2D eigenvalue weighted by Crippen LogP contribution is 2.26. The Morgan fingerprint density at radius 3 is 2.70 bits per heavy atom. The van der Waals surface area contributed by atoms with Crippen molar-refractivity contribution in [1.82, 2.24) is 24.5 Å². The third-order valence-electron chi connectivity index (χ3n) is 4.65. The second-order valence-electron chi connectivity index (χ2n) is 6.63. The van der Waals surface area contributed by atoms with Crippen LogP contribution >= 0.6 is 0 Å². The summed E-state index contributed by atoms with van der Waals surface area (Å²) in [5.74, 6) is 0.489. The number of pyridine rings is 1. The van der Waals surface area contributed by atoms with E-state index in [4.69, 9.17) is 14.5 Å². The van der Waals surface area contributed by atoms with Crippen molar-refractivity contribution >= 4 is 22.6 Å². The molecule has 0 aliphatic heterocycles. The van der Waals surface area contributed by atoms with Crippen LogP contribution in [0.5, 0.6) is 5.75 Å².